The first-order valence-corrected chi connectivity index (χ1v) is 5.65. The van der Waals surface area contributed by atoms with Gasteiger partial charge < -0.3 is 15.5 Å². The molecule has 2 saturated heterocycles. The van der Waals surface area contributed by atoms with Crippen LogP contribution in [0.1, 0.15) is 25.7 Å². The van der Waals surface area contributed by atoms with Crippen molar-refractivity contribution in [2.45, 2.75) is 25.7 Å². The standard InChI is InChI=1S/C10H18N4O/c11-9(13-5-1-2-6-13)12-10(15)14-7-3-4-8-14/h1-8H2,(H2,11,12,15). The molecule has 2 amide bonds. The van der Waals surface area contributed by atoms with E-state index in [-0.39, 0.29) is 6.03 Å². The Hall–Kier alpha value is -1.26. The van der Waals surface area contributed by atoms with Crippen LogP contribution in [0.4, 0.5) is 4.79 Å². The molecule has 2 rings (SSSR count). The predicted molar refractivity (Wildman–Crippen MR) is 58.6 cm³/mol. The molecule has 0 radical (unpaired) electrons. The molecule has 0 unspecified atom stereocenters. The van der Waals surface area contributed by atoms with E-state index < -0.39 is 0 Å². The van der Waals surface area contributed by atoms with E-state index in [4.69, 9.17) is 5.73 Å². The molecule has 0 bridgehead atoms. The van der Waals surface area contributed by atoms with Gasteiger partial charge >= 0.3 is 6.03 Å². The highest BCUT2D eigenvalue weighted by molar-refractivity contribution is 5.91. The van der Waals surface area contributed by atoms with Gasteiger partial charge in [-0.05, 0) is 25.7 Å². The van der Waals surface area contributed by atoms with E-state index in [0.717, 1.165) is 51.9 Å². The normalized spacial score (nSPS) is 22.5. The van der Waals surface area contributed by atoms with E-state index >= 15 is 0 Å². The maximum absolute atomic E-state index is 11.6. The molecule has 2 fully saturated rings. The molecule has 0 aromatic carbocycles. The monoisotopic (exact) mass is 210 g/mol. The Morgan fingerprint density at radius 1 is 0.933 bits per heavy atom. The van der Waals surface area contributed by atoms with Crippen molar-refractivity contribution < 1.29 is 4.79 Å². The lowest BCUT2D eigenvalue weighted by atomic mass is 10.4. The van der Waals surface area contributed by atoms with Gasteiger partial charge in [0.25, 0.3) is 0 Å². The van der Waals surface area contributed by atoms with Crippen molar-refractivity contribution in [3.63, 3.8) is 0 Å². The van der Waals surface area contributed by atoms with E-state index in [2.05, 4.69) is 4.99 Å². The summed E-state index contributed by atoms with van der Waals surface area (Å²) in [6, 6.07) is -0.170. The molecule has 0 atom stereocenters. The van der Waals surface area contributed by atoms with E-state index in [1.807, 2.05) is 4.90 Å². The van der Waals surface area contributed by atoms with Crippen molar-refractivity contribution in [3.8, 4) is 0 Å². The van der Waals surface area contributed by atoms with Crippen LogP contribution in [0.5, 0.6) is 0 Å². The summed E-state index contributed by atoms with van der Waals surface area (Å²) in [7, 11) is 0. The van der Waals surface area contributed by atoms with Gasteiger partial charge in [0.15, 0.2) is 0 Å². The van der Waals surface area contributed by atoms with E-state index in [9.17, 15) is 4.79 Å². The van der Waals surface area contributed by atoms with Gasteiger partial charge in [-0.3, -0.25) is 0 Å². The number of carbonyl (C=O) groups is 1. The Morgan fingerprint density at radius 2 is 1.40 bits per heavy atom. The molecule has 0 saturated carbocycles. The smallest absolute Gasteiger partial charge is 0.346 e. The number of amides is 2. The molecule has 0 aliphatic carbocycles. The fourth-order valence-corrected chi connectivity index (χ4v) is 2.09. The fraction of sp³-hybridized carbons (Fsp3) is 0.800. The van der Waals surface area contributed by atoms with Crippen LogP contribution in [0, 0.1) is 0 Å². The molecule has 2 heterocycles. The van der Waals surface area contributed by atoms with Crippen LogP contribution in [0.25, 0.3) is 0 Å². The molecular formula is C10H18N4O. The van der Waals surface area contributed by atoms with E-state index in [1.165, 1.54) is 0 Å². The average Bonchev–Trinajstić information content (AvgIpc) is 2.91. The summed E-state index contributed by atoms with van der Waals surface area (Å²) in [6.45, 7) is 3.52. The number of urea groups is 1. The Bertz CT molecular complexity index is 265. The van der Waals surface area contributed by atoms with Crippen LogP contribution in [0.2, 0.25) is 0 Å². The van der Waals surface area contributed by atoms with Crippen molar-refractivity contribution in [2.24, 2.45) is 10.7 Å². The van der Waals surface area contributed by atoms with Crippen LogP contribution in [-0.4, -0.2) is 48.0 Å². The van der Waals surface area contributed by atoms with Crippen molar-refractivity contribution in [2.75, 3.05) is 26.2 Å². The Morgan fingerprint density at radius 3 is 1.93 bits per heavy atom. The van der Waals surface area contributed by atoms with Gasteiger partial charge in [0.2, 0.25) is 5.96 Å². The molecule has 5 heteroatoms. The first kappa shape index (κ1) is 10.3. The van der Waals surface area contributed by atoms with Crippen LogP contribution >= 0.6 is 0 Å². The molecule has 2 N–H and O–H groups in total. The summed E-state index contributed by atoms with van der Waals surface area (Å²) in [6.07, 6.45) is 4.47. The van der Waals surface area contributed by atoms with Crippen molar-refractivity contribution >= 4 is 12.0 Å². The topological polar surface area (TPSA) is 61.9 Å². The molecule has 2 aliphatic rings. The molecule has 0 spiro atoms. The predicted octanol–water partition coefficient (Wildman–Crippen LogP) is 0.613. The van der Waals surface area contributed by atoms with Crippen LogP contribution in [0.3, 0.4) is 0 Å². The maximum atomic E-state index is 11.6. The number of hydrogen-bond acceptors (Lipinski definition) is 1. The SMILES string of the molecule is NC(=NC(=O)N1CCCC1)N1CCCC1. The summed E-state index contributed by atoms with van der Waals surface area (Å²) < 4.78 is 0. The highest BCUT2D eigenvalue weighted by Crippen LogP contribution is 2.10. The lowest BCUT2D eigenvalue weighted by Crippen LogP contribution is -2.37. The number of carbonyl (C=O) groups excluding carboxylic acids is 1. The third-order valence-electron chi connectivity index (χ3n) is 3.02. The fourth-order valence-electron chi connectivity index (χ4n) is 2.09. The summed E-state index contributed by atoms with van der Waals surface area (Å²) in [5, 5.41) is 0. The van der Waals surface area contributed by atoms with Crippen LogP contribution < -0.4 is 5.73 Å². The number of rotatable bonds is 0. The average molecular weight is 210 g/mol. The summed E-state index contributed by atoms with van der Waals surface area (Å²) in [5.74, 6) is 0.393. The van der Waals surface area contributed by atoms with Gasteiger partial charge in [-0.2, -0.15) is 4.99 Å². The molecule has 2 aliphatic heterocycles. The second-order valence-electron chi connectivity index (χ2n) is 4.14. The minimum atomic E-state index is -0.170. The number of guanidine groups is 1. The zero-order chi connectivity index (χ0) is 10.7. The Labute approximate surface area is 89.9 Å². The van der Waals surface area contributed by atoms with E-state index in [1.54, 1.807) is 4.90 Å². The number of nitrogens with zero attached hydrogens (tertiary/aromatic N) is 3. The first-order chi connectivity index (χ1) is 7.27. The van der Waals surface area contributed by atoms with Crippen molar-refractivity contribution in [3.05, 3.63) is 0 Å². The van der Waals surface area contributed by atoms with Gasteiger partial charge in [0, 0.05) is 26.2 Å². The lowest BCUT2D eigenvalue weighted by Gasteiger charge is -2.17. The second-order valence-corrected chi connectivity index (χ2v) is 4.14. The zero-order valence-electron chi connectivity index (χ0n) is 8.98. The summed E-state index contributed by atoms with van der Waals surface area (Å²) in [4.78, 5) is 19.3. The van der Waals surface area contributed by atoms with Crippen LogP contribution in [0.15, 0.2) is 4.99 Å². The Kier molecular flexibility index (Phi) is 3.08. The highest BCUT2D eigenvalue weighted by Gasteiger charge is 2.19. The molecule has 84 valence electrons. The molecule has 0 aromatic rings. The number of aliphatic imine (C=N–C) groups is 1. The lowest BCUT2D eigenvalue weighted by molar-refractivity contribution is 0.218. The maximum Gasteiger partial charge on any atom is 0.346 e. The van der Waals surface area contributed by atoms with Gasteiger partial charge in [0.05, 0.1) is 0 Å². The second kappa shape index (κ2) is 4.51. The zero-order valence-corrected chi connectivity index (χ0v) is 8.98. The van der Waals surface area contributed by atoms with Gasteiger partial charge in [-0.1, -0.05) is 0 Å². The van der Waals surface area contributed by atoms with Gasteiger partial charge in [0.1, 0.15) is 0 Å². The van der Waals surface area contributed by atoms with Gasteiger partial charge in [-0.15, -0.1) is 0 Å². The highest BCUT2D eigenvalue weighted by atomic mass is 16.2. The van der Waals surface area contributed by atoms with E-state index in [0.29, 0.717) is 5.96 Å². The molecular weight excluding hydrogens is 192 g/mol. The quantitative estimate of drug-likeness (QED) is 0.471. The largest absolute Gasteiger partial charge is 0.369 e. The first-order valence-electron chi connectivity index (χ1n) is 5.65. The van der Waals surface area contributed by atoms with Crippen LogP contribution in [-0.2, 0) is 0 Å². The summed E-state index contributed by atoms with van der Waals surface area (Å²) >= 11 is 0. The number of hydrogen-bond donors (Lipinski definition) is 1. The Balaban J connectivity index is 1.92. The minimum absolute atomic E-state index is 0.170. The molecule has 15 heavy (non-hydrogen) atoms. The molecule has 0 aromatic heterocycles. The van der Waals surface area contributed by atoms with Crippen molar-refractivity contribution in [1.29, 1.82) is 0 Å². The third-order valence-corrected chi connectivity index (χ3v) is 3.02. The van der Waals surface area contributed by atoms with Crippen molar-refractivity contribution in [1.82, 2.24) is 9.80 Å². The molecule has 5 nitrogen and oxygen atoms in total. The number of nitrogens with two attached hydrogens (primary N) is 1. The number of likely N-dealkylation sites (tertiary alicyclic amines) is 2. The third kappa shape index (κ3) is 2.40. The van der Waals surface area contributed by atoms with Gasteiger partial charge in [-0.25, -0.2) is 4.79 Å². The minimum Gasteiger partial charge on any atom is -0.369 e. The summed E-state index contributed by atoms with van der Waals surface area (Å²) in [5.41, 5.74) is 5.78.